The van der Waals surface area contributed by atoms with Crippen LogP contribution in [-0.4, -0.2) is 83.1 Å². The molecule has 1 saturated heterocycles. The summed E-state index contributed by atoms with van der Waals surface area (Å²) in [5.74, 6) is 1.49. The number of hydrogen-bond donors (Lipinski definition) is 2. The molecule has 3 heterocycles. The number of carbonyl (C=O) groups excluding carboxylic acids is 2. The van der Waals surface area contributed by atoms with E-state index in [0.717, 1.165) is 18.5 Å². The highest BCUT2D eigenvalue weighted by Crippen LogP contribution is 2.52. The average Bonchev–Trinajstić information content (AvgIpc) is 3.35. The zero-order valence-corrected chi connectivity index (χ0v) is 29.3. The summed E-state index contributed by atoms with van der Waals surface area (Å²) in [6.07, 6.45) is 0.591. The van der Waals surface area contributed by atoms with Crippen molar-refractivity contribution in [2.45, 2.75) is 77.8 Å². The van der Waals surface area contributed by atoms with E-state index in [0.29, 0.717) is 68.0 Å². The normalized spacial score (nSPS) is 23.9. The molecule has 3 aliphatic rings. The summed E-state index contributed by atoms with van der Waals surface area (Å²) in [6, 6.07) is 4.35. The number of aryl methyl sites for hydroxylation is 1. The highest BCUT2D eigenvalue weighted by molar-refractivity contribution is 7.13. The van der Waals surface area contributed by atoms with Crippen molar-refractivity contribution in [2.24, 2.45) is 23.0 Å². The zero-order valence-electron chi connectivity index (χ0n) is 27.7. The third-order valence-corrected chi connectivity index (χ3v) is 10.5. The summed E-state index contributed by atoms with van der Waals surface area (Å²) >= 11 is 8.26. The molecule has 2 aromatic heterocycles. The second-order valence-corrected chi connectivity index (χ2v) is 15.1. The number of nitrogens with one attached hydrogen (secondary N) is 1. The van der Waals surface area contributed by atoms with E-state index in [-0.39, 0.29) is 19.1 Å². The number of hydrazine groups is 1. The van der Waals surface area contributed by atoms with Crippen molar-refractivity contribution >= 4 is 45.8 Å². The highest BCUT2D eigenvalue weighted by atomic mass is 35.5. The standard InChI is InChI=1S/C33H41ClN6O7S/c1-17-16-48-30(36-17)23-14-26(22-6-7-25(45-9-8-44-5)27(34)28(22)37-23)46-21-13-24(29(35)41)39(15-21)40(43)31(33(2,3)4)38-32(42)47-20-11-18-10-19(18)12-20/h6-7,14,16,18-21,24,31H,8-13,15H2,1-5H3,(H2-,35,38,41,42)/p+1/t18-,19+,20?,21-,24+,31-/m1/s1. The van der Waals surface area contributed by atoms with E-state index in [1.54, 1.807) is 25.3 Å². The molecule has 48 heavy (non-hydrogen) atoms. The number of benzene rings is 1. The fraction of sp³-hybridized carbons (Fsp3) is 0.576. The van der Waals surface area contributed by atoms with E-state index in [4.69, 9.17) is 41.3 Å². The Balaban J connectivity index is 1.25. The van der Waals surface area contributed by atoms with E-state index >= 15 is 0 Å². The number of pyridine rings is 1. The van der Waals surface area contributed by atoms with Gasteiger partial charge in [-0.2, -0.15) is 0 Å². The van der Waals surface area contributed by atoms with Crippen molar-refractivity contribution in [1.29, 1.82) is 0 Å². The number of nitrogens with two attached hydrogens (primary N) is 1. The first kappa shape index (κ1) is 34.1. The minimum atomic E-state index is -1.04. The Labute approximate surface area is 288 Å². The first-order valence-corrected chi connectivity index (χ1v) is 17.4. The van der Waals surface area contributed by atoms with Crippen molar-refractivity contribution in [1.82, 2.24) is 20.3 Å². The van der Waals surface area contributed by atoms with Crippen molar-refractivity contribution in [3.8, 4) is 22.2 Å². The van der Waals surface area contributed by atoms with Gasteiger partial charge in [0.1, 0.15) is 57.5 Å². The van der Waals surface area contributed by atoms with Crippen molar-refractivity contribution in [3.05, 3.63) is 39.2 Å². The summed E-state index contributed by atoms with van der Waals surface area (Å²) < 4.78 is 23.1. The van der Waals surface area contributed by atoms with Crippen LogP contribution in [0.5, 0.6) is 11.5 Å². The van der Waals surface area contributed by atoms with Crippen molar-refractivity contribution in [3.63, 3.8) is 0 Å². The molecule has 1 aliphatic heterocycles. The summed E-state index contributed by atoms with van der Waals surface area (Å²) in [5, 5.41) is 7.62. The molecule has 15 heteroatoms. The minimum absolute atomic E-state index is 0.0356. The van der Waals surface area contributed by atoms with Crippen LogP contribution in [0.3, 0.4) is 0 Å². The van der Waals surface area contributed by atoms with E-state index in [9.17, 15) is 14.5 Å². The number of carbonyl (C=O) groups is 2. The van der Waals surface area contributed by atoms with Gasteiger partial charge in [0, 0.05) is 36.1 Å². The number of aromatic nitrogens is 2. The Morgan fingerprint density at radius 1 is 1.12 bits per heavy atom. The fourth-order valence-electron chi connectivity index (χ4n) is 6.56. The number of alkyl carbamates (subject to hydrolysis) is 1. The molecule has 0 spiro atoms. The van der Waals surface area contributed by atoms with Gasteiger partial charge < -0.3 is 24.7 Å². The van der Waals surface area contributed by atoms with Gasteiger partial charge in [0.05, 0.1) is 22.4 Å². The quantitative estimate of drug-likeness (QED) is 0.145. The van der Waals surface area contributed by atoms with Gasteiger partial charge >= 0.3 is 12.3 Å². The number of fused-ring (bicyclic) bond motifs is 2. The highest BCUT2D eigenvalue weighted by Gasteiger charge is 2.52. The maximum absolute atomic E-state index is 14.0. The Morgan fingerprint density at radius 2 is 1.88 bits per heavy atom. The molecule has 2 amide bonds. The number of methoxy groups -OCH3 is 1. The van der Waals surface area contributed by atoms with Gasteiger partial charge in [0.25, 0.3) is 0 Å². The van der Waals surface area contributed by atoms with Crippen LogP contribution >= 0.6 is 22.9 Å². The van der Waals surface area contributed by atoms with Gasteiger partial charge in [0.15, 0.2) is 6.04 Å². The van der Waals surface area contributed by atoms with Gasteiger partial charge in [-0.05, 0) is 50.2 Å². The van der Waals surface area contributed by atoms with Crippen LogP contribution in [0.15, 0.2) is 23.6 Å². The molecule has 2 saturated carbocycles. The fourth-order valence-corrected chi connectivity index (χ4v) is 7.58. The summed E-state index contributed by atoms with van der Waals surface area (Å²) in [5.41, 5.74) is 6.95. The van der Waals surface area contributed by atoms with Gasteiger partial charge in [0.2, 0.25) is 5.91 Å². The first-order valence-electron chi connectivity index (χ1n) is 16.2. The predicted molar refractivity (Wildman–Crippen MR) is 180 cm³/mol. The number of nitroso groups, excluding NO2 is 1. The molecular weight excluding hydrogens is 660 g/mol. The minimum Gasteiger partial charge on any atom is -0.490 e. The van der Waals surface area contributed by atoms with Gasteiger partial charge in [-0.1, -0.05) is 32.4 Å². The Kier molecular flexibility index (Phi) is 9.69. The van der Waals surface area contributed by atoms with Gasteiger partial charge in [-0.25, -0.2) is 14.8 Å². The molecule has 3 aromatic rings. The van der Waals surface area contributed by atoms with Crippen LogP contribution < -0.4 is 20.5 Å². The topological polar surface area (TPSA) is 158 Å². The van der Waals surface area contributed by atoms with E-state index in [2.05, 4.69) is 10.3 Å². The number of thiazole rings is 1. The molecule has 0 bridgehead atoms. The van der Waals surface area contributed by atoms with E-state index < -0.39 is 35.7 Å². The maximum Gasteiger partial charge on any atom is 0.412 e. The van der Waals surface area contributed by atoms with Crippen molar-refractivity contribution < 1.29 is 33.4 Å². The lowest BCUT2D eigenvalue weighted by Gasteiger charge is -2.27. The van der Waals surface area contributed by atoms with Gasteiger partial charge in [-0.15, -0.1) is 16.3 Å². The molecule has 3 N–H and O–H groups in total. The van der Waals surface area contributed by atoms with Crippen LogP contribution in [0.1, 0.15) is 52.1 Å². The molecule has 6 atom stereocenters. The number of hydrogen-bond acceptors (Lipinski definition) is 10. The molecule has 13 nitrogen and oxygen atoms in total. The molecule has 258 valence electrons. The second-order valence-electron chi connectivity index (χ2n) is 13.9. The molecule has 6 rings (SSSR count). The maximum atomic E-state index is 14.0. The Morgan fingerprint density at radius 3 is 2.52 bits per heavy atom. The number of amides is 2. The lowest BCUT2D eigenvalue weighted by molar-refractivity contribution is -0.748. The third-order valence-electron chi connectivity index (χ3n) is 9.11. The second kappa shape index (κ2) is 13.6. The first-order chi connectivity index (χ1) is 22.8. The lowest BCUT2D eigenvalue weighted by Crippen LogP contribution is -2.58. The largest absolute Gasteiger partial charge is 0.490 e. The van der Waals surface area contributed by atoms with Crippen molar-refractivity contribution in [2.75, 3.05) is 26.9 Å². The summed E-state index contributed by atoms with van der Waals surface area (Å²) in [6.45, 7) is 8.12. The number of nitrogens with zero attached hydrogens (tertiary/aromatic N) is 4. The number of rotatable bonds is 12. The molecule has 2 aliphatic carbocycles. The van der Waals surface area contributed by atoms with Crippen LogP contribution in [0, 0.1) is 29.1 Å². The van der Waals surface area contributed by atoms with Crippen LogP contribution in [-0.2, 0) is 14.3 Å². The zero-order chi connectivity index (χ0) is 34.3. The molecule has 3 fully saturated rings. The molecule has 1 unspecified atom stereocenters. The van der Waals surface area contributed by atoms with Gasteiger partial charge in [-0.3, -0.25) is 10.1 Å². The number of ether oxygens (including phenoxy) is 4. The molecule has 0 radical (unpaired) electrons. The third kappa shape index (κ3) is 7.30. The number of primary amides is 1. The van der Waals surface area contributed by atoms with E-state index in [1.165, 1.54) is 22.8 Å². The summed E-state index contributed by atoms with van der Waals surface area (Å²) in [4.78, 5) is 49.7. The lowest BCUT2D eigenvalue weighted by atomic mass is 9.92. The van der Waals surface area contributed by atoms with Crippen LogP contribution in [0.4, 0.5) is 4.79 Å². The molecular formula is C33H42ClN6O7S+. The smallest absolute Gasteiger partial charge is 0.412 e. The Hall–Kier alpha value is -3.75. The Bertz CT molecular complexity index is 1700. The van der Waals surface area contributed by atoms with Crippen LogP contribution in [0.2, 0.25) is 5.02 Å². The van der Waals surface area contributed by atoms with E-state index in [1.807, 2.05) is 33.1 Å². The monoisotopic (exact) mass is 701 g/mol. The van der Waals surface area contributed by atoms with Crippen LogP contribution in [0.25, 0.3) is 21.6 Å². The average molecular weight is 702 g/mol. The number of halogens is 1. The summed E-state index contributed by atoms with van der Waals surface area (Å²) in [7, 11) is 1.59. The predicted octanol–water partition coefficient (Wildman–Crippen LogP) is 5.24. The SMILES string of the molecule is COCCOc1ccc2c(O[C@@H]3C[C@@H](C(N)=O)N([N+](=O)[C@@H](NC(=O)OC4C[C@@H]5C[C@@H]5C4)C(C)(C)C)C3)cc(-c3nc(C)cs3)nc2c1Cl. The molecule has 1 aromatic carbocycles.